The summed E-state index contributed by atoms with van der Waals surface area (Å²) in [5.41, 5.74) is 8.07. The van der Waals surface area contributed by atoms with E-state index < -0.39 is 0 Å². The highest BCUT2D eigenvalue weighted by Gasteiger charge is 2.18. The largest absolute Gasteiger partial charge is 0.490 e. The van der Waals surface area contributed by atoms with Crippen LogP contribution in [0, 0.1) is 0 Å². The quantitative estimate of drug-likeness (QED) is 0.675. The number of aliphatic imine (C=N–C) groups is 1. The fourth-order valence-electron chi connectivity index (χ4n) is 2.53. The monoisotopic (exact) mass is 315 g/mol. The summed E-state index contributed by atoms with van der Waals surface area (Å²) in [5.74, 6) is 1.50. The summed E-state index contributed by atoms with van der Waals surface area (Å²) in [4.78, 5) is 7.92. The molecule has 1 aromatic heterocycles. The van der Waals surface area contributed by atoms with Gasteiger partial charge >= 0.3 is 0 Å². The normalized spacial score (nSPS) is 14.6. The Hall–Kier alpha value is -2.01. The number of ether oxygens (including phenoxy) is 1. The van der Waals surface area contributed by atoms with Gasteiger partial charge in [0.1, 0.15) is 18.2 Å². The van der Waals surface area contributed by atoms with Crippen molar-refractivity contribution in [1.82, 2.24) is 0 Å². The van der Waals surface area contributed by atoms with E-state index >= 15 is 0 Å². The number of unbranched alkanes of at least 4 members (excludes halogenated alkanes) is 1. The molecule has 116 valence electrons. The first-order valence-electron chi connectivity index (χ1n) is 7.68. The molecule has 0 unspecified atom stereocenters. The lowest BCUT2D eigenvalue weighted by Crippen LogP contribution is -2.33. The lowest BCUT2D eigenvalue weighted by atomic mass is 10.2. The van der Waals surface area contributed by atoms with Crippen LogP contribution in [0.2, 0.25) is 0 Å². The Morgan fingerprint density at radius 3 is 3.09 bits per heavy atom. The number of nitrogens with zero attached hydrogens (tertiary/aromatic N) is 2. The number of hydrogen-bond donors (Lipinski definition) is 1. The summed E-state index contributed by atoms with van der Waals surface area (Å²) in [5, 5.41) is 2.00. The third kappa shape index (κ3) is 3.25. The average Bonchev–Trinajstić information content (AvgIpc) is 3.07. The highest BCUT2D eigenvalue weighted by atomic mass is 32.1. The Labute approximate surface area is 135 Å². The third-order valence-corrected chi connectivity index (χ3v) is 4.60. The molecular weight excluding hydrogens is 294 g/mol. The van der Waals surface area contributed by atoms with E-state index in [1.54, 1.807) is 11.3 Å². The van der Waals surface area contributed by atoms with Crippen molar-refractivity contribution < 1.29 is 4.74 Å². The Kier molecular flexibility index (Phi) is 4.63. The second-order valence-corrected chi connectivity index (χ2v) is 6.26. The average molecular weight is 315 g/mol. The zero-order valence-electron chi connectivity index (χ0n) is 12.8. The van der Waals surface area contributed by atoms with Gasteiger partial charge in [0.25, 0.3) is 0 Å². The summed E-state index contributed by atoms with van der Waals surface area (Å²) in [7, 11) is 0. The SMILES string of the molecule is CCCCN1CCOc2ccc(N=C(N)c3cccs3)cc21. The minimum absolute atomic E-state index is 0.562. The number of anilines is 1. The van der Waals surface area contributed by atoms with Crippen molar-refractivity contribution >= 4 is 28.5 Å². The Balaban J connectivity index is 1.87. The fraction of sp³-hybridized carbons (Fsp3) is 0.353. The van der Waals surface area contributed by atoms with Gasteiger partial charge in [-0.2, -0.15) is 0 Å². The molecule has 3 rings (SSSR count). The van der Waals surface area contributed by atoms with Crippen molar-refractivity contribution in [3.05, 3.63) is 40.6 Å². The van der Waals surface area contributed by atoms with Crippen LogP contribution in [0.25, 0.3) is 0 Å². The molecule has 0 radical (unpaired) electrons. The molecule has 0 aliphatic carbocycles. The topological polar surface area (TPSA) is 50.8 Å². The number of thiophene rings is 1. The maximum absolute atomic E-state index is 6.08. The van der Waals surface area contributed by atoms with E-state index in [0.717, 1.165) is 41.7 Å². The van der Waals surface area contributed by atoms with Crippen molar-refractivity contribution in [1.29, 1.82) is 0 Å². The molecule has 0 saturated heterocycles. The second kappa shape index (κ2) is 6.83. The van der Waals surface area contributed by atoms with Gasteiger partial charge in [0, 0.05) is 6.54 Å². The number of rotatable bonds is 5. The van der Waals surface area contributed by atoms with Crippen LogP contribution in [-0.2, 0) is 0 Å². The van der Waals surface area contributed by atoms with Crippen LogP contribution in [0.1, 0.15) is 24.6 Å². The van der Waals surface area contributed by atoms with Crippen LogP contribution in [0.4, 0.5) is 11.4 Å². The van der Waals surface area contributed by atoms with Gasteiger partial charge < -0.3 is 15.4 Å². The summed E-state index contributed by atoms with van der Waals surface area (Å²) in [6.45, 7) is 4.95. The van der Waals surface area contributed by atoms with Gasteiger partial charge in [0.2, 0.25) is 0 Å². The Morgan fingerprint density at radius 1 is 1.41 bits per heavy atom. The lowest BCUT2D eigenvalue weighted by Gasteiger charge is -2.31. The molecular formula is C17H21N3OS. The molecule has 0 saturated carbocycles. The maximum atomic E-state index is 6.08. The predicted molar refractivity (Wildman–Crippen MR) is 93.8 cm³/mol. The van der Waals surface area contributed by atoms with E-state index in [0.29, 0.717) is 5.84 Å². The highest BCUT2D eigenvalue weighted by molar-refractivity contribution is 7.12. The highest BCUT2D eigenvalue weighted by Crippen LogP contribution is 2.35. The lowest BCUT2D eigenvalue weighted by molar-refractivity contribution is 0.307. The van der Waals surface area contributed by atoms with E-state index in [9.17, 15) is 0 Å². The van der Waals surface area contributed by atoms with Gasteiger partial charge in [-0.15, -0.1) is 11.3 Å². The molecule has 1 aromatic carbocycles. The third-order valence-electron chi connectivity index (χ3n) is 3.71. The van der Waals surface area contributed by atoms with E-state index in [1.165, 1.54) is 12.8 Å². The minimum atomic E-state index is 0.562. The van der Waals surface area contributed by atoms with E-state index in [-0.39, 0.29) is 0 Å². The van der Waals surface area contributed by atoms with Crippen molar-refractivity contribution in [3.63, 3.8) is 0 Å². The summed E-state index contributed by atoms with van der Waals surface area (Å²) >= 11 is 1.60. The maximum Gasteiger partial charge on any atom is 0.142 e. The van der Waals surface area contributed by atoms with Gasteiger partial charge in [-0.1, -0.05) is 19.4 Å². The molecule has 22 heavy (non-hydrogen) atoms. The summed E-state index contributed by atoms with van der Waals surface area (Å²) in [6.07, 6.45) is 2.38. The predicted octanol–water partition coefficient (Wildman–Crippen LogP) is 3.78. The molecule has 0 amide bonds. The van der Waals surface area contributed by atoms with E-state index in [2.05, 4.69) is 22.9 Å². The number of amidine groups is 1. The number of benzene rings is 1. The molecule has 0 atom stereocenters. The second-order valence-electron chi connectivity index (χ2n) is 5.32. The van der Waals surface area contributed by atoms with Gasteiger partial charge in [0.05, 0.1) is 22.8 Å². The molecule has 2 aromatic rings. The molecule has 0 spiro atoms. The van der Waals surface area contributed by atoms with Crippen LogP contribution in [0.15, 0.2) is 40.7 Å². The molecule has 1 aliphatic heterocycles. The zero-order chi connectivity index (χ0) is 15.4. The number of hydrogen-bond acceptors (Lipinski definition) is 4. The smallest absolute Gasteiger partial charge is 0.142 e. The van der Waals surface area contributed by atoms with Crippen LogP contribution < -0.4 is 15.4 Å². The number of nitrogens with two attached hydrogens (primary N) is 1. The van der Waals surface area contributed by atoms with Crippen molar-refractivity contribution in [3.8, 4) is 5.75 Å². The molecule has 2 N–H and O–H groups in total. The molecule has 4 nitrogen and oxygen atoms in total. The zero-order valence-corrected chi connectivity index (χ0v) is 13.6. The first-order valence-corrected chi connectivity index (χ1v) is 8.55. The Morgan fingerprint density at radius 2 is 2.32 bits per heavy atom. The molecule has 0 fully saturated rings. The van der Waals surface area contributed by atoms with E-state index in [4.69, 9.17) is 10.5 Å². The molecule has 2 heterocycles. The molecule has 5 heteroatoms. The fourth-order valence-corrected chi connectivity index (χ4v) is 3.16. The van der Waals surface area contributed by atoms with Crippen LogP contribution in [-0.4, -0.2) is 25.5 Å². The van der Waals surface area contributed by atoms with Gasteiger partial charge in [-0.25, -0.2) is 4.99 Å². The molecule has 1 aliphatic rings. The first-order chi connectivity index (χ1) is 10.8. The Bertz CT molecular complexity index is 652. The minimum Gasteiger partial charge on any atom is -0.490 e. The van der Waals surface area contributed by atoms with Crippen molar-refractivity contribution in [2.45, 2.75) is 19.8 Å². The van der Waals surface area contributed by atoms with Gasteiger partial charge in [-0.3, -0.25) is 0 Å². The van der Waals surface area contributed by atoms with Crippen LogP contribution in [0.5, 0.6) is 5.75 Å². The van der Waals surface area contributed by atoms with Gasteiger partial charge in [0.15, 0.2) is 0 Å². The van der Waals surface area contributed by atoms with Crippen LogP contribution >= 0.6 is 11.3 Å². The first kappa shape index (κ1) is 14.9. The van der Waals surface area contributed by atoms with Gasteiger partial charge in [-0.05, 0) is 36.1 Å². The molecule has 0 bridgehead atoms. The van der Waals surface area contributed by atoms with Crippen LogP contribution in [0.3, 0.4) is 0 Å². The summed E-state index contributed by atoms with van der Waals surface area (Å²) in [6, 6.07) is 10.00. The van der Waals surface area contributed by atoms with Crippen molar-refractivity contribution in [2.24, 2.45) is 10.7 Å². The van der Waals surface area contributed by atoms with E-state index in [1.807, 2.05) is 29.6 Å². The summed E-state index contributed by atoms with van der Waals surface area (Å²) < 4.78 is 5.75. The standard InChI is InChI=1S/C17H21N3OS/c1-2-3-8-20-9-10-21-15-7-6-13(12-14(15)20)19-17(18)16-5-4-11-22-16/h4-7,11-12H,2-3,8-10H2,1H3,(H2,18,19). The number of fused-ring (bicyclic) bond motifs is 1. The van der Waals surface area contributed by atoms with Crippen molar-refractivity contribution in [2.75, 3.05) is 24.6 Å².